The van der Waals surface area contributed by atoms with Crippen LogP contribution in [0, 0.1) is 11.3 Å². The van der Waals surface area contributed by atoms with Gasteiger partial charge in [-0.25, -0.2) is 4.79 Å². The molecule has 40 heavy (non-hydrogen) atoms. The molecule has 0 saturated carbocycles. The van der Waals surface area contributed by atoms with Crippen molar-refractivity contribution in [2.24, 2.45) is 0 Å². The van der Waals surface area contributed by atoms with Gasteiger partial charge in [0.2, 0.25) is 0 Å². The van der Waals surface area contributed by atoms with Crippen LogP contribution in [0.2, 0.25) is 0 Å². The van der Waals surface area contributed by atoms with Gasteiger partial charge in [0, 0.05) is 24.7 Å². The zero-order valence-electron chi connectivity index (χ0n) is 23.9. The number of morpholine rings is 1. The molecule has 0 unspecified atom stereocenters. The van der Waals surface area contributed by atoms with Crippen molar-refractivity contribution in [3.8, 4) is 6.07 Å². The van der Waals surface area contributed by atoms with Crippen LogP contribution in [-0.4, -0.2) is 93.9 Å². The van der Waals surface area contributed by atoms with Gasteiger partial charge in [0.1, 0.15) is 18.2 Å². The molecule has 0 aliphatic carbocycles. The number of benzene rings is 1. The number of hydrogen-bond donors (Lipinski definition) is 3. The summed E-state index contributed by atoms with van der Waals surface area (Å²) in [5.41, 5.74) is -0.293. The molecule has 0 aromatic heterocycles. The van der Waals surface area contributed by atoms with E-state index in [-0.39, 0.29) is 42.8 Å². The minimum atomic E-state index is -1.77. The van der Waals surface area contributed by atoms with Crippen molar-refractivity contribution in [3.05, 3.63) is 47.5 Å². The first-order valence-corrected chi connectivity index (χ1v) is 14.1. The van der Waals surface area contributed by atoms with Gasteiger partial charge in [0.05, 0.1) is 23.7 Å². The summed E-state index contributed by atoms with van der Waals surface area (Å²) < 4.78 is 11.4. The van der Waals surface area contributed by atoms with E-state index < -0.39 is 30.2 Å². The molecule has 3 heterocycles. The fourth-order valence-electron chi connectivity index (χ4n) is 6.48. The maximum absolute atomic E-state index is 13.8. The number of alkyl carbamates (subject to hydrolysis) is 1. The zero-order chi connectivity index (χ0) is 29.1. The maximum Gasteiger partial charge on any atom is 0.475 e. The van der Waals surface area contributed by atoms with Crippen LogP contribution in [0.3, 0.4) is 0 Å². The lowest BCUT2D eigenvalue weighted by atomic mass is 9.76. The molecule has 2 bridgehead atoms. The molecule has 216 valence electrons. The number of ether oxygens (including phenoxy) is 2. The Morgan fingerprint density at radius 3 is 2.42 bits per heavy atom. The highest BCUT2D eigenvalue weighted by Gasteiger charge is 2.55. The molecule has 3 fully saturated rings. The predicted octanol–water partition coefficient (Wildman–Crippen LogP) is 2.20. The first kappa shape index (κ1) is 30.1. The van der Waals surface area contributed by atoms with Crippen LogP contribution in [-0.2, 0) is 20.7 Å². The summed E-state index contributed by atoms with van der Waals surface area (Å²) in [6, 6.07) is 11.3. The Labute approximate surface area is 237 Å². The lowest BCUT2D eigenvalue weighted by Crippen LogP contribution is -2.54. The van der Waals surface area contributed by atoms with Crippen molar-refractivity contribution in [3.63, 3.8) is 0 Å². The highest BCUT2D eigenvalue weighted by Crippen LogP contribution is 2.47. The Balaban J connectivity index is 1.43. The zero-order valence-corrected chi connectivity index (χ0v) is 23.9. The van der Waals surface area contributed by atoms with Crippen LogP contribution in [0.4, 0.5) is 4.79 Å². The SMILES string of the molecule is C[C@@H]1CN(C(C)(C)/C=C(\C#N)C(=O)N2C3CCC2(COC(=O)N[C@@H](Cc2ccccc2)B(O)O)CC3)C[C@H](C)O1. The maximum atomic E-state index is 13.8. The average Bonchev–Trinajstić information content (AvgIpc) is 3.45. The second-order valence-corrected chi connectivity index (χ2v) is 12.0. The molecule has 3 atom stereocenters. The summed E-state index contributed by atoms with van der Waals surface area (Å²) in [4.78, 5) is 30.5. The van der Waals surface area contributed by atoms with Gasteiger partial charge in [-0.2, -0.15) is 5.26 Å². The summed E-state index contributed by atoms with van der Waals surface area (Å²) in [7, 11) is -1.77. The van der Waals surface area contributed by atoms with Gasteiger partial charge in [0.25, 0.3) is 5.91 Å². The van der Waals surface area contributed by atoms with Crippen molar-refractivity contribution in [2.75, 3.05) is 19.7 Å². The molecule has 11 heteroatoms. The van der Waals surface area contributed by atoms with Gasteiger partial charge < -0.3 is 29.7 Å². The Morgan fingerprint density at radius 2 is 1.85 bits per heavy atom. The van der Waals surface area contributed by atoms with Gasteiger partial charge in [-0.15, -0.1) is 0 Å². The monoisotopic (exact) mass is 552 g/mol. The fourth-order valence-corrected chi connectivity index (χ4v) is 6.48. The van der Waals surface area contributed by atoms with E-state index in [1.54, 1.807) is 11.0 Å². The minimum Gasteiger partial charge on any atom is -0.447 e. The number of amides is 2. The van der Waals surface area contributed by atoms with Crippen molar-refractivity contribution in [1.82, 2.24) is 15.1 Å². The standard InChI is InChI=1S/C29H41BN4O6/c1-20-17-33(18-21(2)40-20)28(3,4)15-23(16-31)26(35)34-24-10-12-29(34,13-11-24)19-39-27(36)32-25(30(37)38)14-22-8-6-5-7-9-22/h5-9,15,20-21,24-25,37-38H,10-14,17-19H2,1-4H3,(H,32,36)/b23-15+/t20-,21+,24?,25-,29?/m0/s1. The van der Waals surface area contributed by atoms with Crippen molar-refractivity contribution >= 4 is 19.1 Å². The third-order valence-corrected chi connectivity index (χ3v) is 8.50. The Morgan fingerprint density at radius 1 is 1.23 bits per heavy atom. The van der Waals surface area contributed by atoms with Gasteiger partial charge >= 0.3 is 13.2 Å². The highest BCUT2D eigenvalue weighted by molar-refractivity contribution is 6.43. The minimum absolute atomic E-state index is 0.00690. The molecule has 0 radical (unpaired) electrons. The van der Waals surface area contributed by atoms with E-state index in [0.717, 1.165) is 18.4 Å². The number of nitrogens with zero attached hydrogens (tertiary/aromatic N) is 3. The van der Waals surface area contributed by atoms with Crippen LogP contribution >= 0.6 is 0 Å². The van der Waals surface area contributed by atoms with E-state index in [2.05, 4.69) is 16.3 Å². The van der Waals surface area contributed by atoms with E-state index in [1.807, 2.05) is 58.0 Å². The molecule has 1 aromatic rings. The molecule has 3 aliphatic heterocycles. The molecule has 0 spiro atoms. The third-order valence-electron chi connectivity index (χ3n) is 8.50. The molecule has 3 aliphatic rings. The molecule has 3 N–H and O–H groups in total. The number of carbonyl (C=O) groups is 2. The van der Waals surface area contributed by atoms with Gasteiger partial charge in [-0.3, -0.25) is 9.69 Å². The van der Waals surface area contributed by atoms with Crippen molar-refractivity contribution in [1.29, 1.82) is 5.26 Å². The largest absolute Gasteiger partial charge is 0.475 e. The number of nitrogens with one attached hydrogen (secondary N) is 1. The summed E-state index contributed by atoms with van der Waals surface area (Å²) in [6.45, 7) is 9.43. The smallest absolute Gasteiger partial charge is 0.447 e. The van der Waals surface area contributed by atoms with Crippen LogP contribution in [0.5, 0.6) is 0 Å². The number of carbonyl (C=O) groups excluding carboxylic acids is 2. The second-order valence-electron chi connectivity index (χ2n) is 12.0. The van der Waals surface area contributed by atoms with Gasteiger partial charge in [-0.05, 0) is 71.4 Å². The Hall–Kier alpha value is -2.91. The quantitative estimate of drug-likeness (QED) is 0.241. The average molecular weight is 552 g/mol. The Kier molecular flexibility index (Phi) is 9.25. The summed E-state index contributed by atoms with van der Waals surface area (Å²) in [6.07, 6.45) is 4.22. The van der Waals surface area contributed by atoms with E-state index in [4.69, 9.17) is 9.47 Å². The van der Waals surface area contributed by atoms with E-state index in [9.17, 15) is 24.9 Å². The van der Waals surface area contributed by atoms with Crippen molar-refractivity contribution < 1.29 is 29.1 Å². The first-order chi connectivity index (χ1) is 18.9. The number of rotatable bonds is 9. The van der Waals surface area contributed by atoms with Crippen LogP contribution < -0.4 is 5.32 Å². The van der Waals surface area contributed by atoms with Gasteiger partial charge in [-0.1, -0.05) is 30.3 Å². The van der Waals surface area contributed by atoms with Gasteiger partial charge in [0.15, 0.2) is 0 Å². The normalized spacial score (nSPS) is 27.7. The molecule has 3 saturated heterocycles. The van der Waals surface area contributed by atoms with Crippen LogP contribution in [0.15, 0.2) is 42.0 Å². The van der Waals surface area contributed by atoms with Crippen molar-refractivity contribution in [2.45, 2.75) is 95.1 Å². The van der Waals surface area contributed by atoms with E-state index >= 15 is 0 Å². The van der Waals surface area contributed by atoms with Crippen LogP contribution in [0.25, 0.3) is 0 Å². The first-order valence-electron chi connectivity index (χ1n) is 14.1. The highest BCUT2D eigenvalue weighted by atomic mass is 16.6. The fraction of sp³-hybridized carbons (Fsp3) is 0.621. The van der Waals surface area contributed by atoms with E-state index in [1.165, 1.54) is 0 Å². The summed E-state index contributed by atoms with van der Waals surface area (Å²) in [5, 5.41) is 32.2. The number of fused-ring (bicyclic) bond motifs is 2. The predicted molar refractivity (Wildman–Crippen MR) is 150 cm³/mol. The summed E-state index contributed by atoms with van der Waals surface area (Å²) in [5.74, 6) is -1.28. The Bertz CT molecular complexity index is 1120. The molecule has 10 nitrogen and oxygen atoms in total. The molecular weight excluding hydrogens is 511 g/mol. The van der Waals surface area contributed by atoms with E-state index in [0.29, 0.717) is 25.9 Å². The second kappa shape index (κ2) is 12.3. The molecule has 2 amide bonds. The lowest BCUT2D eigenvalue weighted by Gasteiger charge is -2.44. The number of hydrogen-bond acceptors (Lipinski definition) is 8. The number of nitriles is 1. The molecule has 1 aromatic carbocycles. The third kappa shape index (κ3) is 6.69. The molecule has 4 rings (SSSR count). The summed E-state index contributed by atoms with van der Waals surface area (Å²) >= 11 is 0. The topological polar surface area (TPSA) is 135 Å². The van der Waals surface area contributed by atoms with Crippen LogP contribution in [0.1, 0.15) is 58.9 Å². The lowest BCUT2D eigenvalue weighted by molar-refractivity contribution is -0.132. The molecular formula is C29H41BN4O6.